The van der Waals surface area contributed by atoms with Crippen LogP contribution in [0.25, 0.3) is 0 Å². The Morgan fingerprint density at radius 1 is 1.31 bits per heavy atom. The third-order valence-electron chi connectivity index (χ3n) is 3.43. The van der Waals surface area contributed by atoms with Gasteiger partial charge in [0.15, 0.2) is 0 Å². The molecule has 13 heavy (non-hydrogen) atoms. The summed E-state index contributed by atoms with van der Waals surface area (Å²) in [7, 11) is 0. The zero-order valence-corrected chi connectivity index (χ0v) is 7.88. The maximum absolute atomic E-state index is 10.2. The summed E-state index contributed by atoms with van der Waals surface area (Å²) in [5.74, 6) is 1.85. The Bertz CT molecular complexity index is 217. The minimum absolute atomic E-state index is 0.549. The van der Waals surface area contributed by atoms with E-state index < -0.39 is 0 Å². The predicted molar refractivity (Wildman–Crippen MR) is 51.0 cm³/mol. The van der Waals surface area contributed by atoms with Crippen molar-refractivity contribution in [3.05, 3.63) is 6.20 Å². The van der Waals surface area contributed by atoms with E-state index in [0.717, 1.165) is 13.1 Å². The molecule has 0 aliphatic carbocycles. The molecule has 0 aromatic rings. The van der Waals surface area contributed by atoms with E-state index >= 15 is 0 Å². The van der Waals surface area contributed by atoms with Gasteiger partial charge in [0.05, 0.1) is 6.20 Å². The molecule has 2 fully saturated rings. The molecule has 2 saturated heterocycles. The molecule has 0 bridgehead atoms. The SMILES string of the molecule is O=C=CN1CCC2(CCNC2)CC1. The molecule has 2 aliphatic rings. The van der Waals surface area contributed by atoms with Crippen molar-refractivity contribution in [1.82, 2.24) is 10.2 Å². The van der Waals surface area contributed by atoms with Crippen molar-refractivity contribution >= 4 is 5.94 Å². The van der Waals surface area contributed by atoms with Crippen molar-refractivity contribution in [2.45, 2.75) is 19.3 Å². The summed E-state index contributed by atoms with van der Waals surface area (Å²) in [4.78, 5) is 12.2. The van der Waals surface area contributed by atoms with Crippen molar-refractivity contribution in [1.29, 1.82) is 0 Å². The van der Waals surface area contributed by atoms with Gasteiger partial charge in [0.2, 0.25) is 0 Å². The topological polar surface area (TPSA) is 32.3 Å². The highest BCUT2D eigenvalue weighted by Gasteiger charge is 2.36. The van der Waals surface area contributed by atoms with Crippen LogP contribution in [0.15, 0.2) is 6.20 Å². The summed E-state index contributed by atoms with van der Waals surface area (Å²) in [6.07, 6.45) is 5.30. The van der Waals surface area contributed by atoms with Crippen molar-refractivity contribution in [3.8, 4) is 0 Å². The average Bonchev–Trinajstić information content (AvgIpc) is 2.59. The lowest BCUT2D eigenvalue weighted by molar-refractivity contribution is 0.155. The first kappa shape index (κ1) is 8.79. The fourth-order valence-electron chi connectivity index (χ4n) is 2.42. The quantitative estimate of drug-likeness (QED) is 0.593. The number of nitrogens with one attached hydrogen (secondary N) is 1. The molecule has 3 heteroatoms. The third-order valence-corrected chi connectivity index (χ3v) is 3.43. The lowest BCUT2D eigenvalue weighted by Gasteiger charge is -2.37. The summed E-state index contributed by atoms with van der Waals surface area (Å²) < 4.78 is 0. The first-order valence-corrected chi connectivity index (χ1v) is 5.00. The Morgan fingerprint density at radius 3 is 2.62 bits per heavy atom. The molecule has 2 rings (SSSR count). The van der Waals surface area contributed by atoms with Crippen molar-refractivity contribution in [2.75, 3.05) is 26.2 Å². The molecule has 0 amide bonds. The van der Waals surface area contributed by atoms with E-state index in [2.05, 4.69) is 10.2 Å². The van der Waals surface area contributed by atoms with E-state index in [1.165, 1.54) is 32.4 Å². The van der Waals surface area contributed by atoms with Gasteiger partial charge in [0, 0.05) is 19.6 Å². The second-order valence-electron chi connectivity index (χ2n) is 4.21. The van der Waals surface area contributed by atoms with Crippen molar-refractivity contribution in [2.24, 2.45) is 5.41 Å². The minimum atomic E-state index is 0.549. The van der Waals surface area contributed by atoms with Crippen LogP contribution >= 0.6 is 0 Å². The zero-order chi connectivity index (χ0) is 9.15. The molecule has 2 aliphatic heterocycles. The number of piperidine rings is 1. The van der Waals surface area contributed by atoms with Crippen LogP contribution in [-0.2, 0) is 4.79 Å². The summed E-state index contributed by atoms with van der Waals surface area (Å²) in [5, 5.41) is 3.42. The largest absolute Gasteiger partial charge is 0.368 e. The third kappa shape index (κ3) is 1.77. The molecule has 72 valence electrons. The number of hydrogen-bond donors (Lipinski definition) is 1. The molecule has 0 aromatic carbocycles. The van der Waals surface area contributed by atoms with E-state index in [-0.39, 0.29) is 0 Å². The fraction of sp³-hybridized carbons (Fsp3) is 0.800. The Kier molecular flexibility index (Phi) is 2.38. The Morgan fingerprint density at radius 2 is 2.08 bits per heavy atom. The standard InChI is InChI=1S/C10H16N2O/c13-8-7-12-5-2-10(3-6-12)1-4-11-9-10/h7,11H,1-6,9H2. The van der Waals surface area contributed by atoms with Gasteiger partial charge in [-0.1, -0.05) is 0 Å². The van der Waals surface area contributed by atoms with Crippen LogP contribution < -0.4 is 5.32 Å². The van der Waals surface area contributed by atoms with Crippen molar-refractivity contribution in [3.63, 3.8) is 0 Å². The van der Waals surface area contributed by atoms with Gasteiger partial charge in [-0.3, -0.25) is 0 Å². The molecule has 1 spiro atoms. The number of rotatable bonds is 1. The molecule has 2 heterocycles. The first-order chi connectivity index (χ1) is 6.35. The monoisotopic (exact) mass is 180 g/mol. The molecular weight excluding hydrogens is 164 g/mol. The molecule has 0 unspecified atom stereocenters. The number of hydrogen-bond acceptors (Lipinski definition) is 3. The highest BCUT2D eigenvalue weighted by Crippen LogP contribution is 2.36. The van der Waals surface area contributed by atoms with E-state index in [1.54, 1.807) is 6.20 Å². The second kappa shape index (κ2) is 3.52. The second-order valence-corrected chi connectivity index (χ2v) is 4.21. The Labute approximate surface area is 78.8 Å². The summed E-state index contributed by atoms with van der Waals surface area (Å²) in [5.41, 5.74) is 0.549. The summed E-state index contributed by atoms with van der Waals surface area (Å²) in [6, 6.07) is 0. The van der Waals surface area contributed by atoms with Gasteiger partial charge < -0.3 is 10.2 Å². The van der Waals surface area contributed by atoms with Gasteiger partial charge in [-0.25, -0.2) is 4.79 Å². The van der Waals surface area contributed by atoms with E-state index in [0.29, 0.717) is 5.41 Å². The van der Waals surface area contributed by atoms with Gasteiger partial charge in [-0.15, -0.1) is 0 Å². The van der Waals surface area contributed by atoms with Gasteiger partial charge >= 0.3 is 0 Å². The van der Waals surface area contributed by atoms with E-state index in [9.17, 15) is 4.79 Å². The average molecular weight is 180 g/mol. The molecule has 0 radical (unpaired) electrons. The van der Waals surface area contributed by atoms with Crippen LogP contribution in [0.5, 0.6) is 0 Å². The van der Waals surface area contributed by atoms with E-state index in [4.69, 9.17) is 0 Å². The molecule has 0 aromatic heterocycles. The lowest BCUT2D eigenvalue weighted by Crippen LogP contribution is -2.38. The van der Waals surface area contributed by atoms with Gasteiger partial charge in [-0.2, -0.15) is 0 Å². The lowest BCUT2D eigenvalue weighted by atomic mass is 9.78. The fourth-order valence-corrected chi connectivity index (χ4v) is 2.42. The van der Waals surface area contributed by atoms with Gasteiger partial charge in [-0.05, 0) is 31.2 Å². The molecule has 0 atom stereocenters. The number of carbonyl (C=O) groups excluding carboxylic acids is 1. The number of nitrogens with zero attached hydrogens (tertiary/aromatic N) is 1. The van der Waals surface area contributed by atoms with Crippen LogP contribution in [-0.4, -0.2) is 37.0 Å². The molecule has 3 nitrogen and oxygen atoms in total. The van der Waals surface area contributed by atoms with E-state index in [1.807, 2.05) is 5.94 Å². The summed E-state index contributed by atoms with van der Waals surface area (Å²) >= 11 is 0. The normalized spacial score (nSPS) is 26.0. The van der Waals surface area contributed by atoms with Crippen LogP contribution in [0.4, 0.5) is 0 Å². The van der Waals surface area contributed by atoms with Gasteiger partial charge in [0.25, 0.3) is 0 Å². The van der Waals surface area contributed by atoms with Crippen LogP contribution in [0, 0.1) is 5.41 Å². The Balaban J connectivity index is 1.91. The van der Waals surface area contributed by atoms with Crippen LogP contribution in [0.2, 0.25) is 0 Å². The van der Waals surface area contributed by atoms with Gasteiger partial charge in [0.1, 0.15) is 5.94 Å². The predicted octanol–water partition coefficient (Wildman–Crippen LogP) is 0.407. The maximum atomic E-state index is 10.2. The highest BCUT2D eigenvalue weighted by atomic mass is 16.1. The molecular formula is C10H16N2O. The number of likely N-dealkylation sites (tertiary alicyclic amines) is 1. The Hall–Kier alpha value is -0.790. The highest BCUT2D eigenvalue weighted by molar-refractivity contribution is 5.44. The van der Waals surface area contributed by atoms with Crippen molar-refractivity contribution < 1.29 is 4.79 Å². The van der Waals surface area contributed by atoms with Crippen LogP contribution in [0.1, 0.15) is 19.3 Å². The smallest absolute Gasteiger partial charge is 0.142 e. The van der Waals surface area contributed by atoms with Crippen LogP contribution in [0.3, 0.4) is 0 Å². The molecule has 0 saturated carbocycles. The summed E-state index contributed by atoms with van der Waals surface area (Å²) in [6.45, 7) is 4.39. The molecule has 1 N–H and O–H groups in total. The minimum Gasteiger partial charge on any atom is -0.368 e. The zero-order valence-electron chi connectivity index (χ0n) is 7.88. The first-order valence-electron chi connectivity index (χ1n) is 5.00. The maximum Gasteiger partial charge on any atom is 0.142 e.